The van der Waals surface area contributed by atoms with Crippen molar-refractivity contribution < 1.29 is 18.8 Å². The highest BCUT2D eigenvalue weighted by Gasteiger charge is 2.33. The van der Waals surface area contributed by atoms with Crippen molar-refractivity contribution in [2.75, 3.05) is 7.05 Å². The van der Waals surface area contributed by atoms with E-state index in [1.807, 2.05) is 39.8 Å². The summed E-state index contributed by atoms with van der Waals surface area (Å²) in [6.45, 7) is 18.5. The highest BCUT2D eigenvalue weighted by Crippen LogP contribution is 2.30. The summed E-state index contributed by atoms with van der Waals surface area (Å²) in [4.78, 5) is 42.2. The van der Waals surface area contributed by atoms with Gasteiger partial charge in [-0.15, -0.1) is 0 Å². The summed E-state index contributed by atoms with van der Waals surface area (Å²) in [7, 11) is 1.61. The number of ketones is 1. The number of allylic oxidation sites excluding steroid dienone is 4. The largest absolute Gasteiger partial charge is 0.404 e. The Morgan fingerprint density at radius 1 is 1.10 bits per heavy atom. The third-order valence-electron chi connectivity index (χ3n) is 8.61. The van der Waals surface area contributed by atoms with Gasteiger partial charge in [-0.3, -0.25) is 24.1 Å². The lowest BCUT2D eigenvalue weighted by Crippen LogP contribution is -2.56. The maximum atomic E-state index is 15.1. The van der Waals surface area contributed by atoms with Crippen LogP contribution in [0, 0.1) is 11.8 Å². The van der Waals surface area contributed by atoms with E-state index in [4.69, 9.17) is 5.73 Å². The quantitative estimate of drug-likeness (QED) is 0.0918. The van der Waals surface area contributed by atoms with Gasteiger partial charge in [-0.25, -0.2) is 4.39 Å². The standard InChI is InChI=1S/C32H49FN6O3.C8H10.C2H6/c1-9-21(2)15-25(14-13-22(3)40)27-17-28(32(6,7)33)38-39(27)20-31(4,5)37-30(42)26(16-23(18-34)19-35-8)36-29(41)24-11-10-12-24;1-2-8-6-4-3-5-7-8;1-2/h13-15,17-19,21,24,26H,9-12,16,20,34H2,1-8H3,(H,36,41)(H,37,42);3-7H,2H2,1H3;1-2H3/b14-13-,23-18-,25-15+,35-19?;;. The Bertz CT molecular complexity index is 1530. The molecule has 2 aromatic rings. The fourth-order valence-corrected chi connectivity index (χ4v) is 5.20. The second-order valence-corrected chi connectivity index (χ2v) is 14.2. The molecule has 0 bridgehead atoms. The van der Waals surface area contributed by atoms with Crippen LogP contribution < -0.4 is 16.4 Å². The zero-order valence-corrected chi connectivity index (χ0v) is 33.6. The van der Waals surface area contributed by atoms with Gasteiger partial charge in [0.2, 0.25) is 11.8 Å². The normalized spacial score (nSPS) is 15.2. The summed E-state index contributed by atoms with van der Waals surface area (Å²) >= 11 is 0. The smallest absolute Gasteiger partial charge is 0.243 e. The van der Waals surface area contributed by atoms with E-state index in [0.717, 1.165) is 37.7 Å². The predicted octanol–water partition coefficient (Wildman–Crippen LogP) is 8.05. The number of amides is 2. The number of hydrogen-bond acceptors (Lipinski definition) is 6. The molecule has 52 heavy (non-hydrogen) atoms. The molecule has 3 rings (SSSR count). The number of nitrogens with two attached hydrogens (primary N) is 1. The van der Waals surface area contributed by atoms with Gasteiger partial charge < -0.3 is 16.4 Å². The van der Waals surface area contributed by atoms with Gasteiger partial charge in [-0.1, -0.05) is 83.9 Å². The lowest BCUT2D eigenvalue weighted by Gasteiger charge is -2.31. The van der Waals surface area contributed by atoms with E-state index in [0.29, 0.717) is 11.3 Å². The van der Waals surface area contributed by atoms with Crippen LogP contribution in [0.3, 0.4) is 0 Å². The molecule has 9 nitrogen and oxygen atoms in total. The topological polar surface area (TPSA) is 131 Å². The van der Waals surface area contributed by atoms with E-state index in [2.05, 4.69) is 65.8 Å². The molecule has 2 amide bonds. The summed E-state index contributed by atoms with van der Waals surface area (Å²) in [5.74, 6) is -0.519. The summed E-state index contributed by atoms with van der Waals surface area (Å²) in [5, 5.41) is 10.6. The highest BCUT2D eigenvalue weighted by molar-refractivity contribution is 5.91. The van der Waals surface area contributed by atoms with Gasteiger partial charge >= 0.3 is 0 Å². The summed E-state index contributed by atoms with van der Waals surface area (Å²) in [6.07, 6.45) is 13.0. The molecule has 0 spiro atoms. The molecule has 0 saturated heterocycles. The van der Waals surface area contributed by atoms with Gasteiger partial charge in [0.25, 0.3) is 0 Å². The number of alkyl halides is 1. The first-order valence-electron chi connectivity index (χ1n) is 18.7. The van der Waals surface area contributed by atoms with Crippen molar-refractivity contribution in [1.82, 2.24) is 20.4 Å². The molecule has 1 aliphatic rings. The maximum Gasteiger partial charge on any atom is 0.243 e. The van der Waals surface area contributed by atoms with Crippen LogP contribution >= 0.6 is 0 Å². The Labute approximate surface area is 312 Å². The number of hydrogen-bond donors (Lipinski definition) is 3. The molecule has 288 valence electrons. The minimum atomic E-state index is -1.71. The molecule has 0 aliphatic heterocycles. The molecule has 0 radical (unpaired) electrons. The SMILES string of the molecule is CC.CCC(C)/C=C(\C=C/C(C)=O)c1cc(C(C)(C)F)nn1CC(C)(C)NC(=O)C(C/C(C=NC)=C/N)NC(=O)C1CCC1.CCc1ccccc1. The molecule has 10 heteroatoms. The van der Waals surface area contributed by atoms with E-state index in [9.17, 15) is 14.4 Å². The van der Waals surface area contributed by atoms with E-state index in [1.165, 1.54) is 38.6 Å². The number of halogens is 1. The molecule has 4 N–H and O–H groups in total. The van der Waals surface area contributed by atoms with E-state index in [-0.39, 0.29) is 48.1 Å². The zero-order chi connectivity index (χ0) is 39.5. The van der Waals surface area contributed by atoms with Crippen LogP contribution in [0.25, 0.3) is 5.57 Å². The summed E-state index contributed by atoms with van der Waals surface area (Å²) in [5.41, 5.74) is 6.85. The monoisotopic (exact) mass is 721 g/mol. The highest BCUT2D eigenvalue weighted by atomic mass is 19.1. The second kappa shape index (κ2) is 22.6. The van der Waals surface area contributed by atoms with Crippen molar-refractivity contribution in [2.45, 2.75) is 132 Å². The fraction of sp³-hybridized carbons (Fsp3) is 0.548. The average Bonchev–Trinajstić information content (AvgIpc) is 3.49. The third-order valence-corrected chi connectivity index (χ3v) is 8.61. The molecular formula is C42H65FN6O3. The molecule has 1 aromatic heterocycles. The van der Waals surface area contributed by atoms with Gasteiger partial charge in [-0.05, 0) is 101 Å². The van der Waals surface area contributed by atoms with Crippen LogP contribution in [0.5, 0.6) is 0 Å². The number of carbonyl (C=O) groups excluding carboxylic acids is 3. The second-order valence-electron chi connectivity index (χ2n) is 14.2. The van der Waals surface area contributed by atoms with Crippen molar-refractivity contribution in [3.8, 4) is 0 Å². The van der Waals surface area contributed by atoms with Crippen molar-refractivity contribution in [1.29, 1.82) is 0 Å². The number of carbonyl (C=O) groups is 3. The Balaban J connectivity index is 0.00000117. The lowest BCUT2D eigenvalue weighted by atomic mass is 9.84. The first-order chi connectivity index (χ1) is 24.5. The Kier molecular flexibility index (Phi) is 19.8. The molecule has 1 fully saturated rings. The van der Waals surface area contributed by atoms with Crippen LogP contribution in [0.1, 0.15) is 118 Å². The van der Waals surface area contributed by atoms with Crippen LogP contribution in [-0.4, -0.2) is 52.2 Å². The number of aliphatic imine (C=N–C) groups is 1. The minimum Gasteiger partial charge on any atom is -0.404 e. The van der Waals surface area contributed by atoms with Crippen molar-refractivity contribution in [2.24, 2.45) is 22.6 Å². The summed E-state index contributed by atoms with van der Waals surface area (Å²) in [6, 6.07) is 11.3. The van der Waals surface area contributed by atoms with Crippen molar-refractivity contribution in [3.05, 3.63) is 83.4 Å². The number of aromatic nitrogens is 2. The number of nitrogens with zero attached hydrogens (tertiary/aromatic N) is 3. The molecule has 1 aromatic carbocycles. The van der Waals surface area contributed by atoms with Crippen LogP contribution in [0.15, 0.2) is 71.4 Å². The van der Waals surface area contributed by atoms with Crippen LogP contribution in [0.4, 0.5) is 4.39 Å². The zero-order valence-electron chi connectivity index (χ0n) is 33.6. The minimum absolute atomic E-state index is 0.0913. The molecule has 2 atom stereocenters. The predicted molar refractivity (Wildman–Crippen MR) is 214 cm³/mol. The van der Waals surface area contributed by atoms with Gasteiger partial charge in [0.15, 0.2) is 5.78 Å². The van der Waals surface area contributed by atoms with Gasteiger partial charge in [0, 0.05) is 25.6 Å². The maximum absolute atomic E-state index is 15.1. The van der Waals surface area contributed by atoms with Crippen molar-refractivity contribution in [3.63, 3.8) is 0 Å². The fourth-order valence-electron chi connectivity index (χ4n) is 5.20. The van der Waals surface area contributed by atoms with E-state index < -0.39 is 17.2 Å². The van der Waals surface area contributed by atoms with E-state index >= 15 is 4.39 Å². The third kappa shape index (κ3) is 15.9. The van der Waals surface area contributed by atoms with Gasteiger partial charge in [0.1, 0.15) is 11.7 Å². The number of benzene rings is 1. The lowest BCUT2D eigenvalue weighted by molar-refractivity contribution is -0.133. The van der Waals surface area contributed by atoms with Crippen molar-refractivity contribution >= 4 is 29.4 Å². The molecule has 1 aliphatic carbocycles. The Morgan fingerprint density at radius 2 is 1.73 bits per heavy atom. The average molecular weight is 721 g/mol. The number of aryl methyl sites for hydroxylation is 1. The van der Waals surface area contributed by atoms with Gasteiger partial charge in [-0.2, -0.15) is 5.10 Å². The summed E-state index contributed by atoms with van der Waals surface area (Å²) < 4.78 is 16.8. The molecule has 1 heterocycles. The molecule has 1 saturated carbocycles. The van der Waals surface area contributed by atoms with Gasteiger partial charge in [0.05, 0.1) is 23.5 Å². The molecule has 2 unspecified atom stereocenters. The number of nitrogens with one attached hydrogen (secondary N) is 2. The van der Waals surface area contributed by atoms with E-state index in [1.54, 1.807) is 30.1 Å². The first kappa shape index (κ1) is 45.7. The number of rotatable bonds is 16. The van der Waals surface area contributed by atoms with Crippen LogP contribution in [0.2, 0.25) is 0 Å². The van der Waals surface area contributed by atoms with Crippen LogP contribution in [-0.2, 0) is 33.0 Å². The Hall–Kier alpha value is -4.34. The Morgan fingerprint density at radius 3 is 2.19 bits per heavy atom. The molecular weight excluding hydrogens is 655 g/mol. The first-order valence-corrected chi connectivity index (χ1v) is 18.7.